The SMILES string of the molecule is CC(=O)Nc1cccc(Nc2cncc(C(=O)NCC3CCCO3)c2)c1. The summed E-state index contributed by atoms with van der Waals surface area (Å²) in [5, 5.41) is 8.81. The highest BCUT2D eigenvalue weighted by molar-refractivity contribution is 5.95. The molecule has 0 spiro atoms. The molecule has 0 bridgehead atoms. The molecule has 1 aliphatic heterocycles. The first-order chi connectivity index (χ1) is 12.6. The Hall–Kier alpha value is -2.93. The molecule has 1 saturated heterocycles. The van der Waals surface area contributed by atoms with Crippen LogP contribution in [0.5, 0.6) is 0 Å². The number of anilines is 3. The molecule has 0 aliphatic carbocycles. The van der Waals surface area contributed by atoms with Crippen LogP contribution in [0.2, 0.25) is 0 Å². The molecule has 3 rings (SSSR count). The van der Waals surface area contributed by atoms with Crippen molar-refractivity contribution in [2.75, 3.05) is 23.8 Å². The van der Waals surface area contributed by atoms with E-state index in [9.17, 15) is 9.59 Å². The van der Waals surface area contributed by atoms with Gasteiger partial charge in [0.05, 0.1) is 23.6 Å². The Kier molecular flexibility index (Phi) is 5.80. The van der Waals surface area contributed by atoms with Crippen LogP contribution in [-0.2, 0) is 9.53 Å². The van der Waals surface area contributed by atoms with Crippen molar-refractivity contribution in [3.63, 3.8) is 0 Å². The van der Waals surface area contributed by atoms with E-state index in [0.717, 1.165) is 25.1 Å². The number of amides is 2. The van der Waals surface area contributed by atoms with Gasteiger partial charge in [0.15, 0.2) is 0 Å². The first kappa shape index (κ1) is 17.9. The molecule has 136 valence electrons. The average molecular weight is 354 g/mol. The van der Waals surface area contributed by atoms with Crippen LogP contribution >= 0.6 is 0 Å². The number of nitrogens with zero attached hydrogens (tertiary/aromatic N) is 1. The van der Waals surface area contributed by atoms with Gasteiger partial charge in [0.25, 0.3) is 5.91 Å². The molecule has 0 radical (unpaired) electrons. The van der Waals surface area contributed by atoms with E-state index >= 15 is 0 Å². The van der Waals surface area contributed by atoms with Gasteiger partial charge in [-0.25, -0.2) is 0 Å². The normalized spacial score (nSPS) is 16.1. The highest BCUT2D eigenvalue weighted by Gasteiger charge is 2.17. The van der Waals surface area contributed by atoms with Crippen molar-refractivity contribution in [2.45, 2.75) is 25.9 Å². The summed E-state index contributed by atoms with van der Waals surface area (Å²) in [6, 6.07) is 9.06. The van der Waals surface area contributed by atoms with E-state index in [2.05, 4.69) is 20.9 Å². The molecule has 0 saturated carbocycles. The van der Waals surface area contributed by atoms with E-state index in [1.54, 1.807) is 18.3 Å². The number of rotatable bonds is 6. The van der Waals surface area contributed by atoms with Gasteiger partial charge in [0.2, 0.25) is 5.91 Å². The van der Waals surface area contributed by atoms with Gasteiger partial charge >= 0.3 is 0 Å². The predicted octanol–water partition coefficient (Wildman–Crippen LogP) is 2.69. The Bertz CT molecular complexity index is 788. The summed E-state index contributed by atoms with van der Waals surface area (Å²) in [5.41, 5.74) is 2.65. The lowest BCUT2D eigenvalue weighted by atomic mass is 10.2. The summed E-state index contributed by atoms with van der Waals surface area (Å²) >= 11 is 0. The summed E-state index contributed by atoms with van der Waals surface area (Å²) < 4.78 is 5.51. The maximum absolute atomic E-state index is 12.3. The first-order valence-electron chi connectivity index (χ1n) is 8.60. The van der Waals surface area contributed by atoms with E-state index < -0.39 is 0 Å². The number of ether oxygens (including phenoxy) is 1. The molecule has 1 aromatic heterocycles. The third kappa shape index (κ3) is 5.03. The number of benzene rings is 1. The molecule has 26 heavy (non-hydrogen) atoms. The van der Waals surface area contributed by atoms with Crippen molar-refractivity contribution in [1.29, 1.82) is 0 Å². The predicted molar refractivity (Wildman–Crippen MR) is 99.6 cm³/mol. The van der Waals surface area contributed by atoms with Crippen molar-refractivity contribution in [2.24, 2.45) is 0 Å². The van der Waals surface area contributed by atoms with E-state index in [0.29, 0.717) is 23.5 Å². The van der Waals surface area contributed by atoms with Gasteiger partial charge in [0, 0.05) is 37.6 Å². The van der Waals surface area contributed by atoms with Crippen molar-refractivity contribution in [3.8, 4) is 0 Å². The Morgan fingerprint density at radius 1 is 1.19 bits per heavy atom. The molecular weight excluding hydrogens is 332 g/mol. The summed E-state index contributed by atoms with van der Waals surface area (Å²) in [4.78, 5) is 27.6. The minimum Gasteiger partial charge on any atom is -0.376 e. The lowest BCUT2D eigenvalue weighted by Crippen LogP contribution is -2.31. The van der Waals surface area contributed by atoms with Gasteiger partial charge in [-0.05, 0) is 37.1 Å². The standard InChI is InChI=1S/C19H22N4O3/c1-13(24)22-15-4-2-5-16(9-15)23-17-8-14(10-20-11-17)19(25)21-12-18-6-3-7-26-18/h2,4-5,8-11,18,23H,3,6-7,12H2,1H3,(H,21,25)(H,22,24). The fourth-order valence-corrected chi connectivity index (χ4v) is 2.79. The molecule has 2 heterocycles. The van der Waals surface area contributed by atoms with E-state index in [1.165, 1.54) is 13.1 Å². The number of hydrogen-bond acceptors (Lipinski definition) is 5. The second-order valence-electron chi connectivity index (χ2n) is 6.19. The maximum Gasteiger partial charge on any atom is 0.253 e. The first-order valence-corrected chi connectivity index (χ1v) is 8.60. The molecule has 3 N–H and O–H groups in total. The fraction of sp³-hybridized carbons (Fsp3) is 0.316. The molecule has 7 heteroatoms. The summed E-state index contributed by atoms with van der Waals surface area (Å²) in [6.45, 7) is 2.73. The van der Waals surface area contributed by atoms with Crippen molar-refractivity contribution in [1.82, 2.24) is 10.3 Å². The summed E-state index contributed by atoms with van der Waals surface area (Å²) in [5.74, 6) is -0.308. The quantitative estimate of drug-likeness (QED) is 0.742. The Labute approximate surface area is 152 Å². The van der Waals surface area contributed by atoms with Crippen molar-refractivity contribution >= 4 is 28.9 Å². The number of carbonyl (C=O) groups is 2. The molecule has 1 fully saturated rings. The van der Waals surface area contributed by atoms with Crippen LogP contribution in [0, 0.1) is 0 Å². The molecule has 2 amide bonds. The minimum absolute atomic E-state index is 0.102. The second-order valence-corrected chi connectivity index (χ2v) is 6.19. The van der Waals surface area contributed by atoms with Gasteiger partial charge < -0.3 is 20.7 Å². The van der Waals surface area contributed by atoms with E-state index in [4.69, 9.17) is 4.74 Å². The van der Waals surface area contributed by atoms with Gasteiger partial charge in [-0.1, -0.05) is 6.07 Å². The molecule has 1 aliphatic rings. The van der Waals surface area contributed by atoms with Crippen molar-refractivity contribution in [3.05, 3.63) is 48.3 Å². The lowest BCUT2D eigenvalue weighted by Gasteiger charge is -2.12. The van der Waals surface area contributed by atoms with E-state index in [-0.39, 0.29) is 17.9 Å². The van der Waals surface area contributed by atoms with Crippen LogP contribution in [0.25, 0.3) is 0 Å². The van der Waals surface area contributed by atoms with Crippen LogP contribution < -0.4 is 16.0 Å². The smallest absolute Gasteiger partial charge is 0.253 e. The van der Waals surface area contributed by atoms with Crippen LogP contribution in [0.1, 0.15) is 30.1 Å². The zero-order valence-electron chi connectivity index (χ0n) is 14.6. The Morgan fingerprint density at radius 2 is 2.04 bits per heavy atom. The van der Waals surface area contributed by atoms with Gasteiger partial charge in [-0.2, -0.15) is 0 Å². The average Bonchev–Trinajstić information content (AvgIpc) is 3.13. The van der Waals surface area contributed by atoms with Gasteiger partial charge in [-0.3, -0.25) is 14.6 Å². The topological polar surface area (TPSA) is 92.4 Å². The monoisotopic (exact) mass is 354 g/mol. The highest BCUT2D eigenvalue weighted by atomic mass is 16.5. The van der Waals surface area contributed by atoms with Crippen molar-refractivity contribution < 1.29 is 14.3 Å². The largest absolute Gasteiger partial charge is 0.376 e. The molecule has 1 atom stereocenters. The zero-order valence-corrected chi connectivity index (χ0v) is 14.6. The molecule has 1 aromatic carbocycles. The molecule has 7 nitrogen and oxygen atoms in total. The molecule has 1 unspecified atom stereocenters. The van der Waals surface area contributed by atoms with Gasteiger partial charge in [-0.15, -0.1) is 0 Å². The number of hydrogen-bond donors (Lipinski definition) is 3. The van der Waals surface area contributed by atoms with E-state index in [1.807, 2.05) is 18.2 Å². The fourth-order valence-electron chi connectivity index (χ4n) is 2.79. The van der Waals surface area contributed by atoms with Gasteiger partial charge in [0.1, 0.15) is 0 Å². The van der Waals surface area contributed by atoms with Crippen LogP contribution in [-0.4, -0.2) is 36.1 Å². The van der Waals surface area contributed by atoms with Crippen LogP contribution in [0.15, 0.2) is 42.7 Å². The summed E-state index contributed by atoms with van der Waals surface area (Å²) in [7, 11) is 0. The second kappa shape index (κ2) is 8.44. The maximum atomic E-state index is 12.3. The number of nitrogens with one attached hydrogen (secondary N) is 3. The number of pyridine rings is 1. The zero-order chi connectivity index (χ0) is 18.4. The third-order valence-electron chi connectivity index (χ3n) is 3.99. The minimum atomic E-state index is -0.177. The third-order valence-corrected chi connectivity index (χ3v) is 3.99. The molecular formula is C19H22N4O3. The Morgan fingerprint density at radius 3 is 2.81 bits per heavy atom. The highest BCUT2D eigenvalue weighted by Crippen LogP contribution is 2.20. The number of carbonyl (C=O) groups excluding carboxylic acids is 2. The van der Waals surface area contributed by atoms with Crippen LogP contribution in [0.3, 0.4) is 0 Å². The number of aromatic nitrogens is 1. The summed E-state index contributed by atoms with van der Waals surface area (Å²) in [6.07, 6.45) is 5.29. The Balaban J connectivity index is 1.63. The lowest BCUT2D eigenvalue weighted by molar-refractivity contribution is -0.114. The molecule has 2 aromatic rings. The van der Waals surface area contributed by atoms with Crippen LogP contribution in [0.4, 0.5) is 17.1 Å².